The van der Waals surface area contributed by atoms with Crippen LogP contribution in [0.15, 0.2) is 84.9 Å². The standard InChI is InChI=1S/C22H21O3P/c1-25-18-10-8-9-17(15-18)21(16-22(23)24)26(19-11-4-2-5-12-19)20-13-6-3-7-14-20/h2-15,21H,16H2,1H3,(H,23,24). The summed E-state index contributed by atoms with van der Waals surface area (Å²) in [6, 6.07) is 28.1. The van der Waals surface area contributed by atoms with Gasteiger partial charge >= 0.3 is 5.97 Å². The molecule has 0 aliphatic heterocycles. The molecule has 0 aliphatic carbocycles. The Kier molecular flexibility index (Phi) is 6.04. The van der Waals surface area contributed by atoms with Crippen molar-refractivity contribution in [2.24, 2.45) is 0 Å². The fourth-order valence-corrected chi connectivity index (χ4v) is 5.86. The average molecular weight is 364 g/mol. The second kappa shape index (κ2) is 8.64. The monoisotopic (exact) mass is 364 g/mol. The molecule has 0 saturated heterocycles. The van der Waals surface area contributed by atoms with Gasteiger partial charge in [-0.1, -0.05) is 72.8 Å². The van der Waals surface area contributed by atoms with Gasteiger partial charge in [-0.25, -0.2) is 0 Å². The van der Waals surface area contributed by atoms with Gasteiger partial charge in [-0.05, 0) is 36.2 Å². The zero-order valence-electron chi connectivity index (χ0n) is 14.6. The highest BCUT2D eigenvalue weighted by Gasteiger charge is 2.28. The van der Waals surface area contributed by atoms with Gasteiger partial charge in [0, 0.05) is 5.66 Å². The summed E-state index contributed by atoms with van der Waals surface area (Å²) in [7, 11) is 0.751. The Bertz CT molecular complexity index is 810. The molecular formula is C22H21O3P. The molecule has 0 radical (unpaired) electrons. The SMILES string of the molecule is COc1cccc(C(CC(=O)O)P(c2ccccc2)c2ccccc2)c1. The van der Waals surface area contributed by atoms with Crippen LogP contribution in [-0.2, 0) is 4.79 Å². The lowest BCUT2D eigenvalue weighted by atomic mass is 10.1. The second-order valence-corrected chi connectivity index (χ2v) is 8.33. The lowest BCUT2D eigenvalue weighted by molar-refractivity contribution is -0.137. The smallest absolute Gasteiger partial charge is 0.304 e. The molecule has 1 atom stereocenters. The minimum Gasteiger partial charge on any atom is -0.497 e. The number of hydrogen-bond acceptors (Lipinski definition) is 2. The summed E-state index contributed by atoms with van der Waals surface area (Å²) < 4.78 is 5.36. The highest BCUT2D eigenvalue weighted by molar-refractivity contribution is 7.73. The van der Waals surface area contributed by atoms with Crippen LogP contribution in [0.3, 0.4) is 0 Å². The van der Waals surface area contributed by atoms with E-state index in [4.69, 9.17) is 4.74 Å². The van der Waals surface area contributed by atoms with Crippen molar-refractivity contribution in [3.63, 3.8) is 0 Å². The van der Waals surface area contributed by atoms with Gasteiger partial charge in [-0.15, -0.1) is 0 Å². The fourth-order valence-electron chi connectivity index (χ4n) is 3.06. The molecule has 0 saturated carbocycles. The van der Waals surface area contributed by atoms with Crippen LogP contribution in [0.1, 0.15) is 17.6 Å². The molecule has 0 bridgehead atoms. The first kappa shape index (κ1) is 18.2. The molecule has 0 aromatic heterocycles. The Morgan fingerprint density at radius 2 is 1.50 bits per heavy atom. The lowest BCUT2D eigenvalue weighted by Gasteiger charge is -2.28. The first-order valence-corrected chi connectivity index (χ1v) is 9.85. The summed E-state index contributed by atoms with van der Waals surface area (Å²) in [4.78, 5) is 11.7. The molecule has 0 aliphatic rings. The largest absolute Gasteiger partial charge is 0.497 e. The van der Waals surface area contributed by atoms with E-state index in [1.165, 1.54) is 10.6 Å². The maximum Gasteiger partial charge on any atom is 0.304 e. The van der Waals surface area contributed by atoms with E-state index >= 15 is 0 Å². The molecule has 26 heavy (non-hydrogen) atoms. The van der Waals surface area contributed by atoms with Crippen LogP contribution >= 0.6 is 7.92 Å². The Labute approximate surface area is 155 Å². The van der Waals surface area contributed by atoms with Crippen molar-refractivity contribution < 1.29 is 14.6 Å². The minimum atomic E-state index is -0.877. The van der Waals surface area contributed by atoms with E-state index < -0.39 is 13.9 Å². The first-order valence-electron chi connectivity index (χ1n) is 8.44. The van der Waals surface area contributed by atoms with Crippen LogP contribution in [0.4, 0.5) is 0 Å². The first-order chi connectivity index (χ1) is 12.7. The van der Waals surface area contributed by atoms with Crippen LogP contribution in [0, 0.1) is 0 Å². The van der Waals surface area contributed by atoms with E-state index in [1.54, 1.807) is 7.11 Å². The van der Waals surface area contributed by atoms with Crippen LogP contribution in [0.25, 0.3) is 0 Å². The van der Waals surface area contributed by atoms with Gasteiger partial charge in [0.2, 0.25) is 0 Å². The summed E-state index contributed by atoms with van der Waals surface area (Å²) >= 11 is 0. The molecule has 3 rings (SSSR count). The van der Waals surface area contributed by atoms with E-state index in [0.717, 1.165) is 11.3 Å². The summed E-state index contributed by atoms with van der Waals surface area (Å²) in [5.74, 6) is -0.0499. The van der Waals surface area contributed by atoms with Crippen LogP contribution < -0.4 is 15.3 Å². The Hall–Kier alpha value is -2.64. The number of hydrogen-bond donors (Lipinski definition) is 1. The Balaban J connectivity index is 2.14. The van der Waals surface area contributed by atoms with Crippen molar-refractivity contribution in [1.29, 1.82) is 0 Å². The number of carboxylic acid groups (broad SMARTS) is 1. The summed E-state index contributed by atoms with van der Waals surface area (Å²) in [5, 5.41) is 11.9. The maximum absolute atomic E-state index is 11.7. The van der Waals surface area contributed by atoms with E-state index in [0.29, 0.717) is 0 Å². The molecule has 0 spiro atoms. The highest BCUT2D eigenvalue weighted by atomic mass is 31.1. The number of methoxy groups -OCH3 is 1. The molecule has 132 valence electrons. The van der Waals surface area contributed by atoms with Crippen molar-refractivity contribution in [3.8, 4) is 5.75 Å². The van der Waals surface area contributed by atoms with Gasteiger partial charge in [0.15, 0.2) is 0 Å². The minimum absolute atomic E-state index is 0.0721. The number of benzene rings is 3. The van der Waals surface area contributed by atoms with E-state index in [9.17, 15) is 9.90 Å². The fraction of sp³-hybridized carbons (Fsp3) is 0.136. The second-order valence-electron chi connectivity index (χ2n) is 5.93. The molecule has 1 unspecified atom stereocenters. The van der Waals surface area contributed by atoms with Crippen LogP contribution in [0.2, 0.25) is 0 Å². The highest BCUT2D eigenvalue weighted by Crippen LogP contribution is 2.51. The zero-order valence-corrected chi connectivity index (χ0v) is 15.5. The van der Waals surface area contributed by atoms with Gasteiger partial charge in [0.05, 0.1) is 13.5 Å². The summed E-state index contributed by atoms with van der Waals surface area (Å²) in [6.45, 7) is 0. The van der Waals surface area contributed by atoms with E-state index in [2.05, 4.69) is 24.3 Å². The molecule has 3 aromatic carbocycles. The van der Waals surface area contributed by atoms with Gasteiger partial charge < -0.3 is 9.84 Å². The van der Waals surface area contributed by atoms with Crippen molar-refractivity contribution in [2.45, 2.75) is 12.1 Å². The molecule has 4 heteroatoms. The Morgan fingerprint density at radius 3 is 2.00 bits per heavy atom. The molecule has 3 aromatic rings. The van der Waals surface area contributed by atoms with Gasteiger partial charge in [0.1, 0.15) is 5.75 Å². The normalized spacial score (nSPS) is 11.9. The van der Waals surface area contributed by atoms with Crippen molar-refractivity contribution in [3.05, 3.63) is 90.5 Å². The molecule has 0 heterocycles. The third-order valence-electron chi connectivity index (χ3n) is 4.23. The van der Waals surface area contributed by atoms with Crippen molar-refractivity contribution in [1.82, 2.24) is 0 Å². The molecule has 1 N–H and O–H groups in total. The predicted octanol–water partition coefficient (Wildman–Crippen LogP) is 4.34. The predicted molar refractivity (Wildman–Crippen MR) is 107 cm³/mol. The maximum atomic E-state index is 11.7. The third-order valence-corrected chi connectivity index (χ3v) is 7.04. The van der Waals surface area contributed by atoms with Gasteiger partial charge in [0.25, 0.3) is 0 Å². The molecule has 3 nitrogen and oxygen atoms in total. The van der Waals surface area contributed by atoms with E-state index in [1.807, 2.05) is 60.7 Å². The van der Waals surface area contributed by atoms with Crippen molar-refractivity contribution in [2.75, 3.05) is 7.11 Å². The molecular weight excluding hydrogens is 343 g/mol. The number of ether oxygens (including phenoxy) is 1. The average Bonchev–Trinajstić information content (AvgIpc) is 2.69. The lowest BCUT2D eigenvalue weighted by Crippen LogP contribution is -2.19. The van der Waals surface area contributed by atoms with Crippen LogP contribution in [-0.4, -0.2) is 18.2 Å². The number of carboxylic acids is 1. The molecule has 0 fully saturated rings. The van der Waals surface area contributed by atoms with E-state index in [-0.39, 0.29) is 12.1 Å². The number of aliphatic carboxylic acids is 1. The number of rotatable bonds is 7. The van der Waals surface area contributed by atoms with Crippen LogP contribution in [0.5, 0.6) is 5.75 Å². The quantitative estimate of drug-likeness (QED) is 0.634. The summed E-state index contributed by atoms with van der Waals surface area (Å²) in [5.41, 5.74) is 0.855. The number of carbonyl (C=O) groups is 1. The van der Waals surface area contributed by atoms with Gasteiger partial charge in [-0.3, -0.25) is 4.79 Å². The zero-order chi connectivity index (χ0) is 18.4. The van der Waals surface area contributed by atoms with Crippen molar-refractivity contribution >= 4 is 24.5 Å². The topological polar surface area (TPSA) is 46.5 Å². The summed E-state index contributed by atoms with van der Waals surface area (Å²) in [6.07, 6.45) is 0.0721. The molecule has 0 amide bonds. The third kappa shape index (κ3) is 4.30. The van der Waals surface area contributed by atoms with Gasteiger partial charge in [-0.2, -0.15) is 0 Å². The Morgan fingerprint density at radius 1 is 0.923 bits per heavy atom.